The van der Waals surface area contributed by atoms with Crippen LogP contribution in [-0.4, -0.2) is 52.3 Å². The number of carbonyl (C=O) groups excluding carboxylic acids is 1. The average molecular weight is 356 g/mol. The Morgan fingerprint density at radius 3 is 2.69 bits per heavy atom. The van der Waals surface area contributed by atoms with Gasteiger partial charge < -0.3 is 15.0 Å². The molecule has 1 aliphatic heterocycles. The van der Waals surface area contributed by atoms with Gasteiger partial charge in [-0.15, -0.1) is 0 Å². The molecule has 0 bridgehead atoms. The predicted molar refractivity (Wildman–Crippen MR) is 100 cm³/mol. The molecule has 6 nitrogen and oxygen atoms in total. The number of ether oxygens (including phenoxy) is 1. The zero-order valence-corrected chi connectivity index (χ0v) is 15.3. The molecule has 1 saturated heterocycles. The van der Waals surface area contributed by atoms with Crippen LogP contribution in [-0.2, 0) is 11.2 Å². The van der Waals surface area contributed by atoms with Crippen molar-refractivity contribution in [3.63, 3.8) is 0 Å². The molecule has 1 aromatic heterocycles. The van der Waals surface area contributed by atoms with Crippen molar-refractivity contribution in [2.24, 2.45) is 0 Å². The number of methoxy groups -OCH3 is 1. The van der Waals surface area contributed by atoms with E-state index in [1.54, 1.807) is 7.11 Å². The van der Waals surface area contributed by atoms with Crippen LogP contribution in [0.3, 0.4) is 0 Å². The zero-order valence-electron chi connectivity index (χ0n) is 15.3. The summed E-state index contributed by atoms with van der Waals surface area (Å²) in [6, 6.07) is 14.1. The van der Waals surface area contributed by atoms with E-state index in [4.69, 9.17) is 4.74 Å². The van der Waals surface area contributed by atoms with Crippen LogP contribution < -0.4 is 24.8 Å². The minimum atomic E-state index is 0.120. The van der Waals surface area contributed by atoms with Crippen LogP contribution in [0.15, 0.2) is 48.7 Å². The van der Waals surface area contributed by atoms with Crippen molar-refractivity contribution in [1.82, 2.24) is 5.32 Å². The number of benzene rings is 1. The van der Waals surface area contributed by atoms with E-state index in [0.29, 0.717) is 13.1 Å². The number of rotatable bonds is 7. The second-order valence-corrected chi connectivity index (χ2v) is 6.57. The number of H-pyrrole nitrogens is 1. The number of pyridine rings is 1. The highest BCUT2D eigenvalue weighted by molar-refractivity contribution is 5.76. The number of nitrogens with zero attached hydrogens (tertiary/aromatic N) is 1. The summed E-state index contributed by atoms with van der Waals surface area (Å²) in [5, 5.41) is 3.04. The lowest BCUT2D eigenvalue weighted by Crippen LogP contribution is -3.16. The molecular formula is C20H28N4O2+2. The van der Waals surface area contributed by atoms with Gasteiger partial charge in [0.25, 0.3) is 11.7 Å². The Labute approximate surface area is 154 Å². The minimum absolute atomic E-state index is 0.120. The third-order valence-corrected chi connectivity index (χ3v) is 4.82. The first-order valence-corrected chi connectivity index (χ1v) is 9.20. The number of aromatic nitrogens is 1. The molecule has 2 heterocycles. The van der Waals surface area contributed by atoms with Crippen molar-refractivity contribution >= 4 is 11.7 Å². The first-order chi connectivity index (χ1) is 12.8. The van der Waals surface area contributed by atoms with Crippen LogP contribution in [0.5, 0.6) is 5.75 Å². The van der Waals surface area contributed by atoms with E-state index >= 15 is 0 Å². The first-order valence-electron chi connectivity index (χ1n) is 9.20. The van der Waals surface area contributed by atoms with Gasteiger partial charge in [-0.25, -0.2) is 4.98 Å². The fraction of sp³-hybridized carbons (Fsp3) is 0.400. The molecule has 0 spiro atoms. The molecule has 0 unspecified atom stereocenters. The van der Waals surface area contributed by atoms with E-state index in [1.165, 1.54) is 4.90 Å². The third kappa shape index (κ3) is 4.95. The van der Waals surface area contributed by atoms with Gasteiger partial charge in [-0.05, 0) is 24.1 Å². The number of para-hydroxylation sites is 1. The molecule has 0 saturated carbocycles. The van der Waals surface area contributed by atoms with Crippen LogP contribution in [0.2, 0.25) is 0 Å². The maximum absolute atomic E-state index is 12.2. The van der Waals surface area contributed by atoms with E-state index < -0.39 is 0 Å². The molecule has 26 heavy (non-hydrogen) atoms. The van der Waals surface area contributed by atoms with Crippen LogP contribution in [0, 0.1) is 0 Å². The molecule has 1 fully saturated rings. The van der Waals surface area contributed by atoms with Crippen molar-refractivity contribution in [1.29, 1.82) is 0 Å². The Morgan fingerprint density at radius 1 is 1.19 bits per heavy atom. The lowest BCUT2D eigenvalue weighted by molar-refractivity contribution is -0.892. The van der Waals surface area contributed by atoms with Gasteiger partial charge in [-0.2, -0.15) is 0 Å². The Morgan fingerprint density at radius 2 is 1.96 bits per heavy atom. The van der Waals surface area contributed by atoms with Crippen molar-refractivity contribution < 1.29 is 19.4 Å². The van der Waals surface area contributed by atoms with Crippen molar-refractivity contribution in [3.05, 3.63) is 54.2 Å². The Balaban J connectivity index is 1.38. The minimum Gasteiger partial charge on any atom is -0.496 e. The number of hydrogen-bond donors (Lipinski definition) is 2. The van der Waals surface area contributed by atoms with Gasteiger partial charge in [0, 0.05) is 12.6 Å². The van der Waals surface area contributed by atoms with Gasteiger partial charge >= 0.3 is 0 Å². The highest BCUT2D eigenvalue weighted by Crippen LogP contribution is 2.17. The smallest absolute Gasteiger partial charge is 0.275 e. The lowest BCUT2D eigenvalue weighted by atomic mass is 10.1. The quantitative estimate of drug-likeness (QED) is 0.708. The number of piperazine rings is 1. The predicted octanol–water partition coefficient (Wildman–Crippen LogP) is -0.427. The maximum Gasteiger partial charge on any atom is 0.275 e. The van der Waals surface area contributed by atoms with E-state index in [9.17, 15) is 4.79 Å². The second kappa shape index (κ2) is 9.20. The summed E-state index contributed by atoms with van der Waals surface area (Å²) in [5.41, 5.74) is 1.12. The largest absolute Gasteiger partial charge is 0.496 e. The zero-order chi connectivity index (χ0) is 18.2. The van der Waals surface area contributed by atoms with Gasteiger partial charge in [-0.3, -0.25) is 9.69 Å². The Kier molecular flexibility index (Phi) is 6.44. The number of aromatic amines is 1. The van der Waals surface area contributed by atoms with Crippen molar-refractivity contribution in [3.8, 4) is 5.75 Å². The van der Waals surface area contributed by atoms with E-state index in [0.717, 1.165) is 49.7 Å². The van der Waals surface area contributed by atoms with Crippen LogP contribution >= 0.6 is 0 Å². The molecule has 0 aliphatic carbocycles. The van der Waals surface area contributed by atoms with Crippen LogP contribution in [0.25, 0.3) is 0 Å². The fourth-order valence-corrected chi connectivity index (χ4v) is 3.36. The van der Waals surface area contributed by atoms with E-state index in [-0.39, 0.29) is 5.91 Å². The Bertz CT molecular complexity index is 700. The van der Waals surface area contributed by atoms with Crippen LogP contribution in [0.1, 0.15) is 5.56 Å². The number of nitrogens with one attached hydrogen (secondary N) is 3. The Hall–Kier alpha value is -2.60. The monoisotopic (exact) mass is 356 g/mol. The highest BCUT2D eigenvalue weighted by Gasteiger charge is 2.26. The molecule has 3 rings (SSSR count). The summed E-state index contributed by atoms with van der Waals surface area (Å²) >= 11 is 0. The van der Waals surface area contributed by atoms with Gasteiger partial charge in [0.15, 0.2) is 6.54 Å². The molecule has 1 amide bonds. The van der Waals surface area contributed by atoms with Crippen molar-refractivity contribution in [2.75, 3.05) is 51.3 Å². The molecule has 1 aromatic carbocycles. The summed E-state index contributed by atoms with van der Waals surface area (Å²) in [5.74, 6) is 2.14. The molecule has 1 aliphatic rings. The number of quaternary nitrogens is 1. The number of carbonyl (C=O) groups is 1. The van der Waals surface area contributed by atoms with Crippen molar-refractivity contribution in [2.45, 2.75) is 6.42 Å². The molecular weight excluding hydrogens is 328 g/mol. The number of hydrogen-bond acceptors (Lipinski definition) is 3. The SMILES string of the molecule is COc1ccccc1CCNC(=O)C[NH+]1CCN(c2cccc[nH+]2)CC1. The molecule has 2 aromatic rings. The first kappa shape index (κ1) is 18.2. The van der Waals surface area contributed by atoms with Crippen LogP contribution in [0.4, 0.5) is 5.82 Å². The van der Waals surface area contributed by atoms with E-state index in [1.807, 2.05) is 42.6 Å². The number of amides is 1. The topological polar surface area (TPSA) is 60.1 Å². The average Bonchev–Trinajstić information content (AvgIpc) is 2.69. The summed E-state index contributed by atoms with van der Waals surface area (Å²) in [6.07, 6.45) is 2.73. The maximum atomic E-state index is 12.2. The number of anilines is 1. The van der Waals surface area contributed by atoms with Gasteiger partial charge in [0.2, 0.25) is 0 Å². The second-order valence-electron chi connectivity index (χ2n) is 6.57. The molecule has 0 radical (unpaired) electrons. The third-order valence-electron chi connectivity index (χ3n) is 4.82. The standard InChI is InChI=1S/C20H26N4O2/c1-26-18-7-3-2-6-17(18)9-11-22-20(25)16-23-12-14-24(15-13-23)19-8-4-5-10-21-19/h2-8,10H,9,11-16H2,1H3,(H,22,25)/p+2. The van der Waals surface area contributed by atoms with Gasteiger partial charge in [0.05, 0.1) is 13.3 Å². The molecule has 3 N–H and O–H groups in total. The summed E-state index contributed by atoms with van der Waals surface area (Å²) in [4.78, 5) is 19.2. The summed E-state index contributed by atoms with van der Waals surface area (Å²) < 4.78 is 5.35. The summed E-state index contributed by atoms with van der Waals surface area (Å²) in [7, 11) is 1.67. The lowest BCUT2D eigenvalue weighted by Gasteiger charge is -2.27. The fourth-order valence-electron chi connectivity index (χ4n) is 3.36. The van der Waals surface area contributed by atoms with Gasteiger partial charge in [0.1, 0.15) is 31.9 Å². The van der Waals surface area contributed by atoms with E-state index in [2.05, 4.69) is 21.3 Å². The normalized spacial score (nSPS) is 14.9. The molecule has 6 heteroatoms. The molecule has 0 atom stereocenters. The molecule has 138 valence electrons. The highest BCUT2D eigenvalue weighted by atomic mass is 16.5. The van der Waals surface area contributed by atoms with Gasteiger partial charge in [-0.1, -0.05) is 24.3 Å². The summed E-state index contributed by atoms with van der Waals surface area (Å²) in [6.45, 7) is 5.05.